The van der Waals surface area contributed by atoms with Crippen LogP contribution in [0.3, 0.4) is 0 Å². The second-order valence-electron chi connectivity index (χ2n) is 23.3. The number of carbonyl (C=O) groups excluding carboxylic acids is 2. The van der Waals surface area contributed by atoms with Gasteiger partial charge < -0.3 is 28.5 Å². The van der Waals surface area contributed by atoms with E-state index in [9.17, 15) is 19.0 Å². The molecule has 0 aliphatic heterocycles. The highest BCUT2D eigenvalue weighted by Crippen LogP contribution is 2.38. The molecule has 0 saturated carbocycles. The van der Waals surface area contributed by atoms with Gasteiger partial charge in [0.15, 0.2) is 0 Å². The quantitative estimate of drug-likeness (QED) is 0.0212. The maximum Gasteiger partial charge on any atom is 0.306 e. The first-order chi connectivity index (χ1) is 35.9. The Kier molecular flexibility index (Phi) is 53.7. The number of nitrogens with one attached hydrogen (secondary N) is 1. The van der Waals surface area contributed by atoms with E-state index >= 15 is 0 Å². The maximum absolute atomic E-state index is 13.5. The summed E-state index contributed by atoms with van der Waals surface area (Å²) >= 11 is 0. The maximum atomic E-state index is 13.5. The van der Waals surface area contributed by atoms with Gasteiger partial charge >= 0.3 is 5.97 Å². The van der Waals surface area contributed by atoms with E-state index in [4.69, 9.17) is 13.8 Å². The number of nitrogens with zero attached hydrogens (tertiary/aromatic N) is 1. The number of quaternary nitrogens is 1. The molecule has 3 atom stereocenters. The number of likely N-dealkylation sites (N-methyl/N-ethyl adjacent to an activating group) is 1. The highest BCUT2D eigenvalue weighted by Gasteiger charge is 2.27. The van der Waals surface area contributed by atoms with E-state index in [2.05, 4.69) is 38.2 Å². The minimum Gasteiger partial charge on any atom is -0.756 e. The van der Waals surface area contributed by atoms with Gasteiger partial charge in [0.25, 0.3) is 7.82 Å². The molecule has 0 aromatic rings. The van der Waals surface area contributed by atoms with E-state index in [1.807, 2.05) is 33.3 Å². The van der Waals surface area contributed by atoms with Gasteiger partial charge in [0.1, 0.15) is 19.3 Å². The predicted octanol–water partition coefficient (Wildman–Crippen LogP) is 19.1. The Morgan fingerprint density at radius 3 is 1.15 bits per heavy atom. The van der Waals surface area contributed by atoms with Gasteiger partial charge in [-0.25, -0.2) is 0 Å². The van der Waals surface area contributed by atoms with Crippen molar-refractivity contribution in [3.63, 3.8) is 0 Å². The number of phosphoric acid groups is 1. The number of amides is 1. The molecule has 0 rings (SSSR count). The molecule has 0 spiro atoms. The van der Waals surface area contributed by atoms with E-state index in [1.165, 1.54) is 231 Å². The summed E-state index contributed by atoms with van der Waals surface area (Å²) in [5.74, 6) is -0.524. The zero-order valence-corrected chi connectivity index (χ0v) is 51.0. The lowest BCUT2D eigenvalue weighted by molar-refractivity contribution is -0.870. The molecule has 1 amide bonds. The molecule has 74 heavy (non-hydrogen) atoms. The lowest BCUT2D eigenvalue weighted by atomic mass is 10.0. The standard InChI is InChI=1S/C64H125N2O7P/c1-7-10-13-16-19-22-25-27-29-30-31-32-33-34-35-36-37-39-42-45-48-51-54-57-64(68)73-62(55-52-49-46-43-40-24-21-18-15-12-9-3)61(60-72-74(69,70)71-59-58-66(4,5)6)65-63(67)56-53-50-47-44-41-38-28-26-23-20-17-14-11-8-2/h27,29,52,55,61-62H,7-26,28,30-51,53-54,56-60H2,1-6H3,(H-,65,67,69,70)/b29-27+,55-52+. The van der Waals surface area contributed by atoms with Gasteiger partial charge in [-0.3, -0.25) is 14.2 Å². The van der Waals surface area contributed by atoms with Crippen LogP contribution in [0.15, 0.2) is 24.3 Å². The first-order valence-electron chi connectivity index (χ1n) is 32.1. The molecular weight excluding hydrogens is 940 g/mol. The highest BCUT2D eigenvalue weighted by atomic mass is 31.2. The lowest BCUT2D eigenvalue weighted by Gasteiger charge is -2.30. The van der Waals surface area contributed by atoms with Crippen molar-refractivity contribution in [2.24, 2.45) is 0 Å². The SMILES string of the molecule is CCCCCCCC/C=C/CCCCCCCCCCCCCCCC(=O)OC(/C=C/CCCCCCCCCCC)C(COP(=O)([O-])OCC[N+](C)(C)C)NC(=O)CCCCCCCCCCCCCCCC. The fourth-order valence-electron chi connectivity index (χ4n) is 9.64. The Morgan fingerprint density at radius 1 is 0.459 bits per heavy atom. The molecule has 0 fully saturated rings. The summed E-state index contributed by atoms with van der Waals surface area (Å²) in [5.41, 5.74) is 0. The number of rotatable bonds is 59. The van der Waals surface area contributed by atoms with Crippen molar-refractivity contribution in [2.75, 3.05) is 40.9 Å². The minimum atomic E-state index is -4.69. The van der Waals surface area contributed by atoms with E-state index < -0.39 is 20.0 Å². The predicted molar refractivity (Wildman–Crippen MR) is 317 cm³/mol. The van der Waals surface area contributed by atoms with E-state index in [0.29, 0.717) is 17.4 Å². The molecule has 438 valence electrons. The molecule has 0 bridgehead atoms. The summed E-state index contributed by atoms with van der Waals surface area (Å²) in [6, 6.07) is -0.881. The number of allylic oxidation sites excluding steroid dienone is 3. The van der Waals surface area contributed by atoms with Crippen LogP contribution in [0.25, 0.3) is 0 Å². The molecule has 1 N–H and O–H groups in total. The smallest absolute Gasteiger partial charge is 0.306 e. The fraction of sp³-hybridized carbons (Fsp3) is 0.906. The summed E-state index contributed by atoms with van der Waals surface area (Å²) < 4.78 is 30.3. The molecule has 3 unspecified atom stereocenters. The lowest BCUT2D eigenvalue weighted by Crippen LogP contribution is -2.47. The van der Waals surface area contributed by atoms with Crippen LogP contribution in [0.2, 0.25) is 0 Å². The van der Waals surface area contributed by atoms with Crippen molar-refractivity contribution in [2.45, 2.75) is 335 Å². The number of esters is 1. The van der Waals surface area contributed by atoms with Gasteiger partial charge in [-0.05, 0) is 57.4 Å². The summed E-state index contributed by atoms with van der Waals surface area (Å²) in [5, 5.41) is 3.03. The highest BCUT2D eigenvalue weighted by molar-refractivity contribution is 7.45. The molecule has 0 saturated heterocycles. The van der Waals surface area contributed by atoms with Crippen LogP contribution in [-0.2, 0) is 27.9 Å². The first-order valence-corrected chi connectivity index (χ1v) is 33.6. The zero-order chi connectivity index (χ0) is 54.3. The summed E-state index contributed by atoms with van der Waals surface area (Å²) in [6.07, 6.45) is 64.3. The van der Waals surface area contributed by atoms with Crippen LogP contribution in [-0.4, -0.2) is 69.4 Å². The summed E-state index contributed by atoms with van der Waals surface area (Å²) in [6.45, 7) is 6.88. The molecular formula is C64H125N2O7P. The Hall–Kier alpha value is -1.51. The normalized spacial score (nSPS) is 13.8. The molecule has 10 heteroatoms. The van der Waals surface area contributed by atoms with Crippen LogP contribution in [0, 0.1) is 0 Å². The topological polar surface area (TPSA) is 114 Å². The van der Waals surface area contributed by atoms with Crippen LogP contribution in [0.1, 0.15) is 323 Å². The molecule has 0 aromatic carbocycles. The Bertz CT molecular complexity index is 1320. The van der Waals surface area contributed by atoms with Crippen molar-refractivity contribution < 1.29 is 37.3 Å². The second-order valence-corrected chi connectivity index (χ2v) is 24.7. The van der Waals surface area contributed by atoms with Gasteiger partial charge in [-0.15, -0.1) is 0 Å². The first kappa shape index (κ1) is 72.5. The third-order valence-corrected chi connectivity index (χ3v) is 15.6. The molecule has 0 heterocycles. The second kappa shape index (κ2) is 54.8. The Balaban J connectivity index is 5.07. The molecule has 9 nitrogen and oxygen atoms in total. The molecule has 0 aliphatic carbocycles. The van der Waals surface area contributed by atoms with Crippen LogP contribution >= 0.6 is 7.82 Å². The summed E-state index contributed by atoms with van der Waals surface area (Å²) in [4.78, 5) is 39.9. The largest absolute Gasteiger partial charge is 0.756 e. The van der Waals surface area contributed by atoms with Crippen molar-refractivity contribution in [3.05, 3.63) is 24.3 Å². The number of hydrogen-bond acceptors (Lipinski definition) is 7. The van der Waals surface area contributed by atoms with Gasteiger partial charge in [0, 0.05) is 12.8 Å². The van der Waals surface area contributed by atoms with Crippen molar-refractivity contribution >= 4 is 19.7 Å². The average molecular weight is 1070 g/mol. The molecule has 0 aliphatic rings. The number of phosphoric ester groups is 1. The van der Waals surface area contributed by atoms with Gasteiger partial charge in [-0.2, -0.15) is 0 Å². The zero-order valence-electron chi connectivity index (χ0n) is 50.1. The van der Waals surface area contributed by atoms with E-state index in [1.54, 1.807) is 0 Å². The van der Waals surface area contributed by atoms with E-state index in [-0.39, 0.29) is 31.5 Å². The van der Waals surface area contributed by atoms with Crippen LogP contribution in [0.4, 0.5) is 0 Å². The fourth-order valence-corrected chi connectivity index (χ4v) is 10.4. The minimum absolute atomic E-state index is 0.0184. The number of hydrogen-bond donors (Lipinski definition) is 1. The third-order valence-electron chi connectivity index (χ3n) is 14.6. The van der Waals surface area contributed by atoms with Gasteiger partial charge in [0.05, 0.1) is 33.8 Å². The van der Waals surface area contributed by atoms with Crippen molar-refractivity contribution in [3.8, 4) is 0 Å². The molecule has 0 aromatic heterocycles. The number of ether oxygens (including phenoxy) is 1. The number of carbonyl (C=O) groups is 2. The number of unbranched alkanes of at least 4 members (excludes halogenated alkanes) is 41. The average Bonchev–Trinajstić information content (AvgIpc) is 3.36. The van der Waals surface area contributed by atoms with Crippen LogP contribution in [0.5, 0.6) is 0 Å². The Morgan fingerprint density at radius 2 is 0.784 bits per heavy atom. The summed E-state index contributed by atoms with van der Waals surface area (Å²) in [7, 11) is 1.20. The molecule has 0 radical (unpaired) electrons. The van der Waals surface area contributed by atoms with E-state index in [0.717, 1.165) is 57.8 Å². The van der Waals surface area contributed by atoms with Gasteiger partial charge in [-0.1, -0.05) is 277 Å². The third kappa shape index (κ3) is 55.3. The Labute approximate surface area is 460 Å². The van der Waals surface area contributed by atoms with Crippen molar-refractivity contribution in [1.82, 2.24) is 5.32 Å². The van der Waals surface area contributed by atoms with Gasteiger partial charge in [0.2, 0.25) is 5.91 Å². The van der Waals surface area contributed by atoms with Crippen LogP contribution < -0.4 is 10.2 Å². The van der Waals surface area contributed by atoms with Crippen molar-refractivity contribution in [1.29, 1.82) is 0 Å². The monoisotopic (exact) mass is 1060 g/mol.